The van der Waals surface area contributed by atoms with Crippen LogP contribution >= 0.6 is 23.2 Å². The first-order chi connectivity index (χ1) is 10.8. The van der Waals surface area contributed by atoms with Crippen molar-refractivity contribution >= 4 is 33.2 Å². The van der Waals surface area contributed by atoms with Gasteiger partial charge in [0.25, 0.3) is 0 Å². The van der Waals surface area contributed by atoms with Crippen molar-refractivity contribution < 1.29 is 8.42 Å². The van der Waals surface area contributed by atoms with E-state index >= 15 is 0 Å². The van der Waals surface area contributed by atoms with Gasteiger partial charge >= 0.3 is 0 Å². The van der Waals surface area contributed by atoms with Crippen molar-refractivity contribution in [3.63, 3.8) is 0 Å². The molecule has 0 amide bonds. The van der Waals surface area contributed by atoms with Gasteiger partial charge in [-0.15, -0.1) is 0 Å². The molecule has 0 aliphatic carbocycles. The molecule has 1 atom stereocenters. The van der Waals surface area contributed by atoms with E-state index in [0.29, 0.717) is 15.6 Å². The predicted octanol–water partition coefficient (Wildman–Crippen LogP) is 4.25. The molecule has 120 valence electrons. The van der Waals surface area contributed by atoms with Crippen LogP contribution in [0.1, 0.15) is 24.1 Å². The number of benzene rings is 2. The number of nitriles is 1. The third-order valence-corrected chi connectivity index (χ3v) is 6.17. The van der Waals surface area contributed by atoms with E-state index in [-0.39, 0.29) is 10.5 Å². The highest BCUT2D eigenvalue weighted by molar-refractivity contribution is 7.89. The van der Waals surface area contributed by atoms with Gasteiger partial charge in [0.1, 0.15) is 6.07 Å². The van der Waals surface area contributed by atoms with E-state index in [4.69, 9.17) is 28.5 Å². The van der Waals surface area contributed by atoms with Gasteiger partial charge in [-0.05, 0) is 36.8 Å². The smallest absolute Gasteiger partial charge is 0.207 e. The lowest BCUT2D eigenvalue weighted by Gasteiger charge is -2.25. The molecule has 0 saturated heterocycles. The molecule has 0 fully saturated rings. The van der Waals surface area contributed by atoms with E-state index in [1.807, 2.05) is 6.07 Å². The molecule has 0 saturated carbocycles. The van der Waals surface area contributed by atoms with Crippen LogP contribution in [0.4, 0.5) is 0 Å². The number of halogens is 2. The number of hydrogen-bond acceptors (Lipinski definition) is 3. The second-order valence-corrected chi connectivity index (χ2v) is 7.78. The highest BCUT2D eigenvalue weighted by Gasteiger charge is 2.29. The Bertz CT molecular complexity index is 876. The van der Waals surface area contributed by atoms with Crippen molar-refractivity contribution in [2.45, 2.75) is 17.9 Å². The maximum absolute atomic E-state index is 12.8. The molecule has 0 radical (unpaired) electrons. The summed E-state index contributed by atoms with van der Waals surface area (Å²) in [5, 5.41) is 9.99. The van der Waals surface area contributed by atoms with Crippen molar-refractivity contribution in [1.82, 2.24) is 4.31 Å². The topological polar surface area (TPSA) is 61.2 Å². The van der Waals surface area contributed by atoms with Crippen LogP contribution in [0.25, 0.3) is 0 Å². The van der Waals surface area contributed by atoms with Gasteiger partial charge in [-0.2, -0.15) is 9.57 Å². The summed E-state index contributed by atoms with van der Waals surface area (Å²) >= 11 is 12.0. The monoisotopic (exact) mass is 368 g/mol. The fourth-order valence-electron chi connectivity index (χ4n) is 2.18. The molecular weight excluding hydrogens is 355 g/mol. The van der Waals surface area contributed by atoms with Crippen molar-refractivity contribution in [1.29, 1.82) is 5.26 Å². The Kier molecular flexibility index (Phi) is 5.33. The van der Waals surface area contributed by atoms with Gasteiger partial charge in [-0.3, -0.25) is 0 Å². The lowest BCUT2D eigenvalue weighted by molar-refractivity contribution is 0.398. The lowest BCUT2D eigenvalue weighted by Crippen LogP contribution is -2.30. The number of sulfonamides is 1. The van der Waals surface area contributed by atoms with Crippen LogP contribution in [0.15, 0.2) is 47.4 Å². The Labute approximate surface area is 145 Å². The molecule has 2 rings (SSSR count). The lowest BCUT2D eigenvalue weighted by atomic mass is 10.1. The van der Waals surface area contributed by atoms with Crippen LogP contribution in [0.2, 0.25) is 10.0 Å². The molecule has 2 aromatic rings. The van der Waals surface area contributed by atoms with Crippen molar-refractivity contribution in [3.8, 4) is 6.07 Å². The number of nitrogens with zero attached hydrogens (tertiary/aromatic N) is 2. The van der Waals surface area contributed by atoms with Gasteiger partial charge in [0.05, 0.1) is 10.5 Å². The van der Waals surface area contributed by atoms with Gasteiger partial charge in [-0.1, -0.05) is 41.4 Å². The van der Waals surface area contributed by atoms with Gasteiger partial charge in [0.15, 0.2) is 0 Å². The summed E-state index contributed by atoms with van der Waals surface area (Å²) in [5.74, 6) is 0. The highest BCUT2D eigenvalue weighted by Crippen LogP contribution is 2.32. The third-order valence-electron chi connectivity index (χ3n) is 3.62. The second kappa shape index (κ2) is 6.90. The molecule has 0 heterocycles. The van der Waals surface area contributed by atoms with E-state index in [0.717, 1.165) is 0 Å². The molecule has 0 aliphatic rings. The fraction of sp³-hybridized carbons (Fsp3) is 0.188. The van der Waals surface area contributed by atoms with Crippen LogP contribution in [-0.4, -0.2) is 19.8 Å². The molecule has 0 bridgehead atoms. The van der Waals surface area contributed by atoms with Crippen molar-refractivity contribution in [3.05, 3.63) is 63.6 Å². The summed E-state index contributed by atoms with van der Waals surface area (Å²) in [7, 11) is -2.38. The zero-order chi connectivity index (χ0) is 17.2. The summed E-state index contributed by atoms with van der Waals surface area (Å²) in [6, 6.07) is 12.4. The quantitative estimate of drug-likeness (QED) is 0.810. The first kappa shape index (κ1) is 17.8. The molecule has 0 N–H and O–H groups in total. The van der Waals surface area contributed by atoms with E-state index < -0.39 is 16.1 Å². The van der Waals surface area contributed by atoms with Crippen LogP contribution in [0.5, 0.6) is 0 Å². The zero-order valence-corrected chi connectivity index (χ0v) is 14.8. The van der Waals surface area contributed by atoms with E-state index in [2.05, 4.69) is 0 Å². The molecule has 7 heteroatoms. The molecule has 2 aromatic carbocycles. The first-order valence-corrected chi connectivity index (χ1v) is 8.90. The minimum atomic E-state index is -3.84. The highest BCUT2D eigenvalue weighted by atomic mass is 35.5. The predicted molar refractivity (Wildman–Crippen MR) is 91.0 cm³/mol. The Balaban J connectivity index is 2.46. The van der Waals surface area contributed by atoms with Crippen molar-refractivity contribution in [2.24, 2.45) is 0 Å². The van der Waals surface area contributed by atoms with E-state index in [9.17, 15) is 8.42 Å². The van der Waals surface area contributed by atoms with Crippen LogP contribution < -0.4 is 0 Å². The second-order valence-electron chi connectivity index (χ2n) is 4.97. The van der Waals surface area contributed by atoms with Gasteiger partial charge in [0, 0.05) is 23.1 Å². The average Bonchev–Trinajstić information content (AvgIpc) is 2.53. The summed E-state index contributed by atoms with van der Waals surface area (Å²) < 4.78 is 26.8. The number of rotatable bonds is 4. The molecule has 23 heavy (non-hydrogen) atoms. The number of hydrogen-bond donors (Lipinski definition) is 0. The van der Waals surface area contributed by atoms with Gasteiger partial charge < -0.3 is 0 Å². The standard InChI is InChI=1S/C16H14Cl2N2O2S/c1-11(14-8-7-13(17)9-15(14)18)20(2)23(21,22)16-6-4-3-5-12(16)10-19/h3-9,11H,1-2H3/t11-/m0/s1. The molecule has 0 aliphatic heterocycles. The minimum absolute atomic E-state index is 0.0260. The van der Waals surface area contributed by atoms with Crippen LogP contribution in [0.3, 0.4) is 0 Å². The average molecular weight is 369 g/mol. The maximum atomic E-state index is 12.8. The fourth-order valence-corrected chi connectivity index (χ4v) is 4.23. The van der Waals surface area contributed by atoms with Gasteiger partial charge in [0.2, 0.25) is 10.0 Å². The molecule has 0 spiro atoms. The van der Waals surface area contributed by atoms with Crippen LogP contribution in [-0.2, 0) is 10.0 Å². The Hall–Kier alpha value is -1.58. The van der Waals surface area contributed by atoms with Crippen molar-refractivity contribution in [2.75, 3.05) is 7.05 Å². The summed E-state index contributed by atoms with van der Waals surface area (Å²) in [6.45, 7) is 1.72. The Morgan fingerprint density at radius 2 is 1.83 bits per heavy atom. The first-order valence-electron chi connectivity index (χ1n) is 6.71. The maximum Gasteiger partial charge on any atom is 0.244 e. The molecule has 4 nitrogen and oxygen atoms in total. The Morgan fingerprint density at radius 3 is 2.43 bits per heavy atom. The molecule has 0 aromatic heterocycles. The van der Waals surface area contributed by atoms with E-state index in [1.54, 1.807) is 37.3 Å². The minimum Gasteiger partial charge on any atom is -0.207 e. The molecule has 0 unspecified atom stereocenters. The largest absolute Gasteiger partial charge is 0.244 e. The van der Waals surface area contributed by atoms with Crippen LogP contribution in [0, 0.1) is 11.3 Å². The van der Waals surface area contributed by atoms with Gasteiger partial charge in [-0.25, -0.2) is 8.42 Å². The van der Waals surface area contributed by atoms with E-state index in [1.165, 1.54) is 23.5 Å². The summed E-state index contributed by atoms with van der Waals surface area (Å²) in [5.41, 5.74) is 0.741. The summed E-state index contributed by atoms with van der Waals surface area (Å²) in [6.07, 6.45) is 0. The SMILES string of the molecule is C[C@@H](c1ccc(Cl)cc1Cl)N(C)S(=O)(=O)c1ccccc1C#N. The summed E-state index contributed by atoms with van der Waals surface area (Å²) in [4.78, 5) is -0.0260. The normalized spacial score (nSPS) is 12.9. The Morgan fingerprint density at radius 1 is 1.17 bits per heavy atom. The third kappa shape index (κ3) is 3.51. The molecular formula is C16H14Cl2N2O2S. The zero-order valence-electron chi connectivity index (χ0n) is 12.5.